The molecule has 0 saturated heterocycles. The molecule has 0 N–H and O–H groups in total. The van der Waals surface area contributed by atoms with E-state index >= 15 is 0 Å². The van der Waals surface area contributed by atoms with E-state index in [1.54, 1.807) is 0 Å². The van der Waals surface area contributed by atoms with Gasteiger partial charge in [-0.15, -0.1) is 0 Å². The Kier molecular flexibility index (Phi) is 4.22. The lowest BCUT2D eigenvalue weighted by atomic mass is 10.0. The normalized spacial score (nSPS) is 10.7. The highest BCUT2D eigenvalue weighted by molar-refractivity contribution is 6.29. The fourth-order valence-electron chi connectivity index (χ4n) is 2.51. The van der Waals surface area contributed by atoms with Crippen molar-refractivity contribution in [2.75, 3.05) is 6.61 Å². The largest absolute Gasteiger partial charge is 0.487 e. The van der Waals surface area contributed by atoms with Gasteiger partial charge in [-0.2, -0.15) is 0 Å². The van der Waals surface area contributed by atoms with Crippen molar-refractivity contribution in [1.82, 2.24) is 0 Å². The molecule has 0 bridgehead atoms. The van der Waals surface area contributed by atoms with Crippen LogP contribution in [0.15, 0.2) is 69.4 Å². The fraction of sp³-hybridized carbons (Fsp3) is 0.105. The average Bonchev–Trinajstić information content (AvgIpc) is 2.52. The van der Waals surface area contributed by atoms with Crippen molar-refractivity contribution in [2.24, 2.45) is 0 Å². The molecule has 3 nitrogen and oxygen atoms in total. The van der Waals surface area contributed by atoms with Crippen molar-refractivity contribution in [3.63, 3.8) is 0 Å². The quantitative estimate of drug-likeness (QED) is 0.640. The molecule has 1 aromatic heterocycles. The third-order valence-corrected chi connectivity index (χ3v) is 3.53. The Labute approximate surface area is 138 Å². The number of hydrogen-bond donors (Lipinski definition) is 0. The number of ether oxygens (including phenoxy) is 1. The van der Waals surface area contributed by atoms with Crippen LogP contribution in [-0.2, 0) is 0 Å². The maximum Gasteiger partial charge on any atom is 0.336 e. The van der Waals surface area contributed by atoms with E-state index in [0.29, 0.717) is 16.4 Å². The molecule has 2 aromatic carbocycles. The van der Waals surface area contributed by atoms with Gasteiger partial charge < -0.3 is 9.15 Å². The number of benzene rings is 2. The maximum absolute atomic E-state index is 11.9. The summed E-state index contributed by atoms with van der Waals surface area (Å²) < 4.78 is 11.1. The Balaban J connectivity index is 2.30. The standard InChI is InChI=1S/C19H15ClO3/c1-12-8-16(22-11-13(2)20)19-15(14-6-4-3-5-7-14)10-18(21)23-17(19)9-12/h3-10H,2,11H2,1H3. The molecule has 0 aliphatic carbocycles. The predicted octanol–water partition coefficient (Wildman–Crippen LogP) is 4.90. The molecular weight excluding hydrogens is 312 g/mol. The van der Waals surface area contributed by atoms with Crippen LogP contribution in [0.25, 0.3) is 22.1 Å². The molecule has 0 aliphatic rings. The van der Waals surface area contributed by atoms with Crippen molar-refractivity contribution in [1.29, 1.82) is 0 Å². The molecule has 0 saturated carbocycles. The third kappa shape index (κ3) is 3.30. The van der Waals surface area contributed by atoms with Gasteiger partial charge in [0, 0.05) is 16.7 Å². The van der Waals surface area contributed by atoms with Crippen LogP contribution in [0.3, 0.4) is 0 Å². The molecule has 0 atom stereocenters. The zero-order chi connectivity index (χ0) is 16.4. The lowest BCUT2D eigenvalue weighted by Gasteiger charge is -2.13. The molecule has 3 rings (SSSR count). The number of hydrogen-bond acceptors (Lipinski definition) is 3. The SMILES string of the molecule is C=C(Cl)COc1cc(C)cc2oc(=O)cc(-c3ccccc3)c12. The summed E-state index contributed by atoms with van der Waals surface area (Å²) in [5.74, 6) is 0.615. The smallest absolute Gasteiger partial charge is 0.336 e. The molecule has 1 heterocycles. The number of fused-ring (bicyclic) bond motifs is 1. The molecule has 0 fully saturated rings. The summed E-state index contributed by atoms with van der Waals surface area (Å²) >= 11 is 5.81. The average molecular weight is 327 g/mol. The molecule has 3 aromatic rings. The first-order valence-corrected chi connectivity index (χ1v) is 7.52. The highest BCUT2D eigenvalue weighted by Gasteiger charge is 2.14. The minimum Gasteiger partial charge on any atom is -0.487 e. The van der Waals surface area contributed by atoms with E-state index < -0.39 is 5.63 Å². The zero-order valence-electron chi connectivity index (χ0n) is 12.6. The lowest BCUT2D eigenvalue weighted by Crippen LogP contribution is -2.02. The van der Waals surface area contributed by atoms with Crippen molar-refractivity contribution in [2.45, 2.75) is 6.92 Å². The first-order chi connectivity index (χ1) is 11.0. The van der Waals surface area contributed by atoms with Gasteiger partial charge in [-0.3, -0.25) is 0 Å². The molecule has 23 heavy (non-hydrogen) atoms. The Morgan fingerprint density at radius 3 is 2.65 bits per heavy atom. The predicted molar refractivity (Wildman–Crippen MR) is 93.1 cm³/mol. The van der Waals surface area contributed by atoms with Crippen LogP contribution in [0.5, 0.6) is 5.75 Å². The van der Waals surface area contributed by atoms with Crippen LogP contribution in [0, 0.1) is 6.92 Å². The summed E-state index contributed by atoms with van der Waals surface area (Å²) in [4.78, 5) is 11.9. The van der Waals surface area contributed by atoms with E-state index in [0.717, 1.165) is 22.1 Å². The van der Waals surface area contributed by atoms with Gasteiger partial charge in [0.05, 0.1) is 5.39 Å². The van der Waals surface area contributed by atoms with E-state index in [-0.39, 0.29) is 6.61 Å². The molecule has 0 unspecified atom stereocenters. The summed E-state index contributed by atoms with van der Waals surface area (Å²) in [6, 6.07) is 14.9. The van der Waals surface area contributed by atoms with Gasteiger partial charge in [0.15, 0.2) is 0 Å². The number of rotatable bonds is 4. The minimum atomic E-state index is -0.394. The van der Waals surface area contributed by atoms with Crippen LogP contribution in [-0.4, -0.2) is 6.61 Å². The first-order valence-electron chi connectivity index (χ1n) is 7.14. The van der Waals surface area contributed by atoms with E-state index in [2.05, 4.69) is 6.58 Å². The highest BCUT2D eigenvalue weighted by atomic mass is 35.5. The van der Waals surface area contributed by atoms with Gasteiger partial charge >= 0.3 is 5.63 Å². The second kappa shape index (κ2) is 6.31. The lowest BCUT2D eigenvalue weighted by molar-refractivity contribution is 0.363. The number of aryl methyl sites for hydroxylation is 1. The summed E-state index contributed by atoms with van der Waals surface area (Å²) in [5.41, 5.74) is 2.72. The Morgan fingerprint density at radius 1 is 1.22 bits per heavy atom. The summed E-state index contributed by atoms with van der Waals surface area (Å²) in [7, 11) is 0. The van der Waals surface area contributed by atoms with E-state index in [1.165, 1.54) is 6.07 Å². The van der Waals surface area contributed by atoms with E-state index in [1.807, 2.05) is 49.4 Å². The van der Waals surface area contributed by atoms with Crippen LogP contribution in [0.2, 0.25) is 0 Å². The summed E-state index contributed by atoms with van der Waals surface area (Å²) in [6.07, 6.45) is 0. The van der Waals surface area contributed by atoms with E-state index in [4.69, 9.17) is 20.8 Å². The van der Waals surface area contributed by atoms with Crippen molar-refractivity contribution in [3.8, 4) is 16.9 Å². The molecular formula is C19H15ClO3. The maximum atomic E-state index is 11.9. The van der Waals surface area contributed by atoms with Crippen LogP contribution < -0.4 is 10.4 Å². The van der Waals surface area contributed by atoms with Crippen LogP contribution >= 0.6 is 11.6 Å². The zero-order valence-corrected chi connectivity index (χ0v) is 13.4. The molecule has 0 radical (unpaired) electrons. The summed E-state index contributed by atoms with van der Waals surface area (Å²) in [5, 5.41) is 1.15. The fourth-order valence-corrected chi connectivity index (χ4v) is 2.56. The van der Waals surface area contributed by atoms with Gasteiger partial charge in [-0.05, 0) is 30.2 Å². The second-order valence-electron chi connectivity index (χ2n) is 5.29. The monoisotopic (exact) mass is 326 g/mol. The van der Waals surface area contributed by atoms with Crippen LogP contribution in [0.1, 0.15) is 5.56 Å². The van der Waals surface area contributed by atoms with Gasteiger partial charge in [0.25, 0.3) is 0 Å². The molecule has 0 spiro atoms. The molecule has 4 heteroatoms. The van der Waals surface area contributed by atoms with Crippen molar-refractivity contribution in [3.05, 3.63) is 76.1 Å². The Morgan fingerprint density at radius 2 is 1.96 bits per heavy atom. The molecule has 116 valence electrons. The molecule has 0 amide bonds. The van der Waals surface area contributed by atoms with Crippen LogP contribution in [0.4, 0.5) is 0 Å². The van der Waals surface area contributed by atoms with Gasteiger partial charge in [-0.25, -0.2) is 4.79 Å². The van der Waals surface area contributed by atoms with Crippen molar-refractivity contribution >= 4 is 22.6 Å². The highest BCUT2D eigenvalue weighted by Crippen LogP contribution is 2.35. The van der Waals surface area contributed by atoms with Crippen molar-refractivity contribution < 1.29 is 9.15 Å². The Hall–Kier alpha value is -2.52. The summed E-state index contributed by atoms with van der Waals surface area (Å²) in [6.45, 7) is 5.74. The van der Waals surface area contributed by atoms with E-state index in [9.17, 15) is 4.79 Å². The first kappa shape index (κ1) is 15.4. The number of halogens is 1. The van der Waals surface area contributed by atoms with Gasteiger partial charge in [0.2, 0.25) is 0 Å². The Bertz CT molecular complexity index is 926. The minimum absolute atomic E-state index is 0.188. The van der Waals surface area contributed by atoms with Gasteiger partial charge in [-0.1, -0.05) is 48.5 Å². The molecule has 0 aliphatic heterocycles. The topological polar surface area (TPSA) is 39.4 Å². The second-order valence-corrected chi connectivity index (χ2v) is 5.82. The third-order valence-electron chi connectivity index (χ3n) is 3.42. The van der Waals surface area contributed by atoms with Gasteiger partial charge in [0.1, 0.15) is 17.9 Å².